The number of carbonyl (C=O) groups is 1. The van der Waals surface area contributed by atoms with Gasteiger partial charge in [0.05, 0.1) is 0 Å². The third-order valence-electron chi connectivity index (χ3n) is 5.64. The lowest BCUT2D eigenvalue weighted by Gasteiger charge is -2.31. The van der Waals surface area contributed by atoms with Crippen LogP contribution in [0.2, 0.25) is 0 Å². The molecule has 1 amide bonds. The quantitative estimate of drug-likeness (QED) is 0.644. The van der Waals surface area contributed by atoms with Crippen LogP contribution in [0.5, 0.6) is 5.75 Å². The zero-order valence-electron chi connectivity index (χ0n) is 17.0. The summed E-state index contributed by atoms with van der Waals surface area (Å²) in [7, 11) is 1.76. The Morgan fingerprint density at radius 3 is 2.59 bits per heavy atom. The number of hydrogen-bond acceptors (Lipinski definition) is 4. The molecule has 0 aliphatic carbocycles. The van der Waals surface area contributed by atoms with Crippen LogP contribution in [0.1, 0.15) is 19.8 Å². The molecule has 0 atom stereocenters. The second-order valence-corrected chi connectivity index (χ2v) is 7.74. The lowest BCUT2D eigenvalue weighted by atomic mass is 9.99. The highest BCUT2D eigenvalue weighted by Gasteiger charge is 2.18. The van der Waals surface area contributed by atoms with Gasteiger partial charge in [-0.25, -0.2) is 4.98 Å². The molecule has 1 aromatic heterocycles. The summed E-state index contributed by atoms with van der Waals surface area (Å²) in [5, 5.41) is 1.01. The van der Waals surface area contributed by atoms with Crippen molar-refractivity contribution in [2.24, 2.45) is 5.92 Å². The number of benzene rings is 2. The van der Waals surface area contributed by atoms with Crippen molar-refractivity contribution in [2.75, 3.05) is 36.5 Å². The summed E-state index contributed by atoms with van der Waals surface area (Å²) in [6.07, 6.45) is 2.39. The van der Waals surface area contributed by atoms with Gasteiger partial charge in [0, 0.05) is 31.2 Å². The minimum atomic E-state index is -0.102. The molecule has 150 valence electrons. The zero-order chi connectivity index (χ0) is 20.2. The molecule has 0 saturated carbocycles. The van der Waals surface area contributed by atoms with Gasteiger partial charge >= 0.3 is 0 Å². The van der Waals surface area contributed by atoms with Crippen LogP contribution in [0.25, 0.3) is 10.9 Å². The first-order valence-corrected chi connectivity index (χ1v) is 10.2. The molecule has 3 aromatic rings. The molecule has 1 aliphatic rings. The minimum absolute atomic E-state index is 0.0301. The van der Waals surface area contributed by atoms with Crippen LogP contribution in [0.4, 0.5) is 11.5 Å². The fraction of sp³-hybridized carbons (Fsp3) is 0.333. The van der Waals surface area contributed by atoms with Crippen molar-refractivity contribution in [3.8, 4) is 5.75 Å². The lowest BCUT2D eigenvalue weighted by Crippen LogP contribution is -2.33. The molecule has 4 rings (SSSR count). The van der Waals surface area contributed by atoms with E-state index in [0.717, 1.165) is 41.4 Å². The molecule has 1 aliphatic heterocycles. The molecule has 0 spiro atoms. The second kappa shape index (κ2) is 8.52. The number of hydrogen-bond donors (Lipinski definition) is 0. The highest BCUT2D eigenvalue weighted by molar-refractivity contribution is 5.94. The Hall–Kier alpha value is -3.08. The summed E-state index contributed by atoms with van der Waals surface area (Å²) < 4.78 is 5.91. The van der Waals surface area contributed by atoms with Crippen molar-refractivity contribution in [3.63, 3.8) is 0 Å². The highest BCUT2D eigenvalue weighted by atomic mass is 16.5. The van der Waals surface area contributed by atoms with Crippen molar-refractivity contribution in [1.29, 1.82) is 0 Å². The third kappa shape index (κ3) is 4.34. The zero-order valence-corrected chi connectivity index (χ0v) is 17.0. The fourth-order valence-corrected chi connectivity index (χ4v) is 3.67. The van der Waals surface area contributed by atoms with E-state index in [1.165, 1.54) is 12.8 Å². The topological polar surface area (TPSA) is 45.7 Å². The van der Waals surface area contributed by atoms with Crippen LogP contribution in [0, 0.1) is 5.92 Å². The molecule has 0 unspecified atom stereocenters. The van der Waals surface area contributed by atoms with Gasteiger partial charge in [-0.05, 0) is 49.1 Å². The van der Waals surface area contributed by atoms with Crippen LogP contribution in [0.15, 0.2) is 60.7 Å². The molecular weight excluding hydrogens is 362 g/mol. The second-order valence-electron chi connectivity index (χ2n) is 7.74. The van der Waals surface area contributed by atoms with Gasteiger partial charge in [-0.1, -0.05) is 37.3 Å². The van der Waals surface area contributed by atoms with Gasteiger partial charge in [-0.3, -0.25) is 4.79 Å². The largest absolute Gasteiger partial charge is 0.481 e. The third-order valence-corrected chi connectivity index (χ3v) is 5.64. The Bertz CT molecular complexity index is 982. The predicted molar refractivity (Wildman–Crippen MR) is 118 cm³/mol. The van der Waals surface area contributed by atoms with Crippen LogP contribution in [-0.4, -0.2) is 37.6 Å². The maximum atomic E-state index is 12.6. The van der Waals surface area contributed by atoms with Gasteiger partial charge in [-0.15, -0.1) is 0 Å². The molecule has 5 heteroatoms. The fourth-order valence-electron chi connectivity index (χ4n) is 3.67. The van der Waals surface area contributed by atoms with Gasteiger partial charge in [0.2, 0.25) is 0 Å². The van der Waals surface area contributed by atoms with Crippen LogP contribution < -0.4 is 14.5 Å². The van der Waals surface area contributed by atoms with E-state index >= 15 is 0 Å². The minimum Gasteiger partial charge on any atom is -0.481 e. The van der Waals surface area contributed by atoms with Crippen molar-refractivity contribution < 1.29 is 9.53 Å². The average molecular weight is 389 g/mol. The van der Waals surface area contributed by atoms with E-state index < -0.39 is 0 Å². The van der Waals surface area contributed by atoms with Gasteiger partial charge in [0.1, 0.15) is 17.1 Å². The molecule has 5 nitrogen and oxygen atoms in total. The first kappa shape index (κ1) is 19.2. The maximum Gasteiger partial charge on any atom is 0.264 e. The van der Waals surface area contributed by atoms with Crippen molar-refractivity contribution in [2.45, 2.75) is 19.8 Å². The van der Waals surface area contributed by atoms with E-state index in [2.05, 4.69) is 24.0 Å². The Kier molecular flexibility index (Phi) is 5.65. The molecule has 0 bridgehead atoms. The smallest absolute Gasteiger partial charge is 0.264 e. The van der Waals surface area contributed by atoms with E-state index in [1.807, 2.05) is 48.5 Å². The summed E-state index contributed by atoms with van der Waals surface area (Å²) in [6, 6.07) is 19.6. The number of nitrogens with zero attached hydrogens (tertiary/aromatic N) is 3. The molecule has 29 heavy (non-hydrogen) atoms. The predicted octanol–water partition coefficient (Wildman–Crippen LogP) is 4.51. The first-order chi connectivity index (χ1) is 14.1. The number of ether oxygens (including phenoxy) is 1. The summed E-state index contributed by atoms with van der Waals surface area (Å²) in [5.74, 6) is 2.30. The van der Waals surface area contributed by atoms with Crippen molar-refractivity contribution in [1.82, 2.24) is 4.98 Å². The molecule has 1 saturated heterocycles. The van der Waals surface area contributed by atoms with E-state index in [4.69, 9.17) is 9.72 Å². The van der Waals surface area contributed by atoms with Crippen LogP contribution >= 0.6 is 0 Å². The van der Waals surface area contributed by atoms with E-state index in [-0.39, 0.29) is 12.5 Å². The van der Waals surface area contributed by atoms with E-state index in [1.54, 1.807) is 11.9 Å². The first-order valence-electron chi connectivity index (χ1n) is 10.2. The lowest BCUT2D eigenvalue weighted by molar-refractivity contribution is -0.120. The number of rotatable bonds is 5. The number of pyridine rings is 1. The SMILES string of the molecule is CC1CCN(c2ccc3cccc(OCC(=O)N(C)c4ccccc4)c3n2)CC1. The number of aromatic nitrogens is 1. The number of amides is 1. The van der Waals surface area contributed by atoms with Crippen molar-refractivity contribution >= 4 is 28.3 Å². The molecule has 0 N–H and O–H groups in total. The van der Waals surface area contributed by atoms with Crippen LogP contribution in [-0.2, 0) is 4.79 Å². The van der Waals surface area contributed by atoms with Gasteiger partial charge in [-0.2, -0.15) is 0 Å². The van der Waals surface area contributed by atoms with Gasteiger partial charge < -0.3 is 14.5 Å². The van der Waals surface area contributed by atoms with E-state index in [0.29, 0.717) is 5.75 Å². The molecule has 0 radical (unpaired) electrons. The number of piperidine rings is 1. The Balaban J connectivity index is 1.51. The summed E-state index contributed by atoms with van der Waals surface area (Å²) in [6.45, 7) is 4.34. The highest BCUT2D eigenvalue weighted by Crippen LogP contribution is 2.28. The van der Waals surface area contributed by atoms with Crippen LogP contribution in [0.3, 0.4) is 0 Å². The molecular formula is C24H27N3O2. The molecule has 2 heterocycles. The molecule has 2 aromatic carbocycles. The monoisotopic (exact) mass is 389 g/mol. The number of para-hydroxylation sites is 2. The maximum absolute atomic E-state index is 12.6. The van der Waals surface area contributed by atoms with Gasteiger partial charge in [0.15, 0.2) is 6.61 Å². The number of likely N-dealkylation sites (N-methyl/N-ethyl adjacent to an activating group) is 1. The number of anilines is 2. The summed E-state index contributed by atoms with van der Waals surface area (Å²) in [4.78, 5) is 21.4. The number of carbonyl (C=O) groups excluding carboxylic acids is 1. The normalized spacial score (nSPS) is 14.8. The van der Waals surface area contributed by atoms with E-state index in [9.17, 15) is 4.79 Å². The number of fused-ring (bicyclic) bond motifs is 1. The Morgan fingerprint density at radius 2 is 1.83 bits per heavy atom. The van der Waals surface area contributed by atoms with Gasteiger partial charge in [0.25, 0.3) is 5.91 Å². The Labute approximate surface area is 171 Å². The summed E-state index contributed by atoms with van der Waals surface area (Å²) in [5.41, 5.74) is 1.65. The summed E-state index contributed by atoms with van der Waals surface area (Å²) >= 11 is 0. The van der Waals surface area contributed by atoms with Crippen molar-refractivity contribution in [3.05, 3.63) is 60.7 Å². The standard InChI is InChI=1S/C24H27N3O2/c1-18-13-15-27(16-14-18)22-12-11-19-7-6-10-21(24(19)25-22)29-17-23(28)26(2)20-8-4-3-5-9-20/h3-12,18H,13-17H2,1-2H3. The Morgan fingerprint density at radius 1 is 1.07 bits per heavy atom. The molecule has 1 fully saturated rings. The average Bonchev–Trinajstić information content (AvgIpc) is 2.77.